The molecule has 2 aromatic rings. The molecule has 0 fully saturated rings. The molecule has 1 aromatic heterocycles. The predicted octanol–water partition coefficient (Wildman–Crippen LogP) is 4.62. The minimum absolute atomic E-state index is 0.234. The molecule has 0 bridgehead atoms. The van der Waals surface area contributed by atoms with Crippen molar-refractivity contribution >= 4 is 16.8 Å². The van der Waals surface area contributed by atoms with Crippen LogP contribution < -0.4 is 0 Å². The number of aromatic nitrogens is 1. The summed E-state index contributed by atoms with van der Waals surface area (Å²) in [6.07, 6.45) is 6.31. The Balaban J connectivity index is 1.89. The van der Waals surface area contributed by atoms with Crippen LogP contribution in [0.5, 0.6) is 0 Å². The van der Waals surface area contributed by atoms with Gasteiger partial charge in [-0.3, -0.25) is 9.78 Å². The van der Waals surface area contributed by atoms with E-state index >= 15 is 0 Å². The fraction of sp³-hybridized carbons (Fsp3) is 0.294. The maximum atomic E-state index is 10.6. The van der Waals surface area contributed by atoms with Crippen molar-refractivity contribution in [1.29, 1.82) is 0 Å². The van der Waals surface area contributed by atoms with Crippen molar-refractivity contribution in [3.63, 3.8) is 0 Å². The first kappa shape index (κ1) is 14.7. The number of carbonyl (C=O) groups is 1. The highest BCUT2D eigenvalue weighted by Gasteiger charge is 2.01. The second kappa shape index (κ2) is 7.81. The van der Waals surface area contributed by atoms with E-state index in [0.29, 0.717) is 6.42 Å². The lowest BCUT2D eigenvalue weighted by Crippen LogP contribution is -1.90. The minimum Gasteiger partial charge on any atom is -0.281 e. The number of nitrogens with zero attached hydrogens (tertiary/aromatic N) is 1. The van der Waals surface area contributed by atoms with Gasteiger partial charge >= 0.3 is 0 Å². The second-order valence-corrected chi connectivity index (χ2v) is 5.25. The number of hydrogen-bond donors (Lipinski definition) is 0. The third-order valence-electron chi connectivity index (χ3n) is 3.23. The van der Waals surface area contributed by atoms with E-state index in [9.17, 15) is 4.79 Å². The van der Waals surface area contributed by atoms with Crippen molar-refractivity contribution in [2.45, 2.75) is 32.1 Å². The normalized spacial score (nSPS) is 10.4. The SMILES string of the molecule is O=C(Cl)CCCCCc1cccc(-c2ccccn2)c1. The number of benzene rings is 1. The van der Waals surface area contributed by atoms with Crippen LogP contribution in [0.2, 0.25) is 0 Å². The third kappa shape index (κ3) is 4.78. The van der Waals surface area contributed by atoms with Crippen molar-refractivity contribution in [1.82, 2.24) is 4.98 Å². The Labute approximate surface area is 124 Å². The van der Waals surface area contributed by atoms with E-state index in [4.69, 9.17) is 11.6 Å². The molecule has 20 heavy (non-hydrogen) atoms. The summed E-state index contributed by atoms with van der Waals surface area (Å²) >= 11 is 5.32. The van der Waals surface area contributed by atoms with Crippen LogP contribution in [0.15, 0.2) is 48.7 Å². The van der Waals surface area contributed by atoms with Gasteiger partial charge in [0.15, 0.2) is 0 Å². The van der Waals surface area contributed by atoms with Crippen LogP contribution in [0.25, 0.3) is 11.3 Å². The Kier molecular flexibility index (Phi) is 5.75. The van der Waals surface area contributed by atoms with Gasteiger partial charge in [0.2, 0.25) is 5.24 Å². The van der Waals surface area contributed by atoms with Gasteiger partial charge in [0, 0.05) is 18.2 Å². The van der Waals surface area contributed by atoms with Crippen molar-refractivity contribution in [2.75, 3.05) is 0 Å². The van der Waals surface area contributed by atoms with Crippen LogP contribution in [0.1, 0.15) is 31.2 Å². The van der Waals surface area contributed by atoms with E-state index in [1.165, 1.54) is 5.56 Å². The van der Waals surface area contributed by atoms with Crippen LogP contribution in [-0.4, -0.2) is 10.2 Å². The van der Waals surface area contributed by atoms with Gasteiger partial charge < -0.3 is 0 Å². The van der Waals surface area contributed by atoms with Gasteiger partial charge in [-0.15, -0.1) is 0 Å². The molecule has 0 aliphatic carbocycles. The summed E-state index contributed by atoms with van der Waals surface area (Å²) in [4.78, 5) is 15.0. The smallest absolute Gasteiger partial charge is 0.221 e. The van der Waals surface area contributed by atoms with E-state index in [0.717, 1.165) is 36.9 Å². The number of unbranched alkanes of at least 4 members (excludes halogenated alkanes) is 2. The molecule has 0 unspecified atom stereocenters. The molecule has 2 rings (SSSR count). The van der Waals surface area contributed by atoms with Crippen molar-refractivity contribution in [3.8, 4) is 11.3 Å². The monoisotopic (exact) mass is 287 g/mol. The molecule has 1 aromatic carbocycles. The molecule has 0 saturated heterocycles. The minimum atomic E-state index is -0.234. The lowest BCUT2D eigenvalue weighted by Gasteiger charge is -2.05. The molecule has 2 nitrogen and oxygen atoms in total. The largest absolute Gasteiger partial charge is 0.281 e. The highest BCUT2D eigenvalue weighted by molar-refractivity contribution is 6.63. The molecular weight excluding hydrogens is 270 g/mol. The van der Waals surface area contributed by atoms with Gasteiger partial charge in [0.1, 0.15) is 0 Å². The van der Waals surface area contributed by atoms with Crippen LogP contribution in [0, 0.1) is 0 Å². The molecule has 0 saturated carbocycles. The first-order valence-corrected chi connectivity index (χ1v) is 7.32. The topological polar surface area (TPSA) is 30.0 Å². The van der Waals surface area contributed by atoms with Crippen molar-refractivity contribution in [3.05, 3.63) is 54.2 Å². The molecule has 0 N–H and O–H groups in total. The van der Waals surface area contributed by atoms with E-state index in [2.05, 4.69) is 29.2 Å². The van der Waals surface area contributed by atoms with Crippen LogP contribution >= 0.6 is 11.6 Å². The summed E-state index contributed by atoms with van der Waals surface area (Å²) in [6, 6.07) is 14.4. The molecule has 0 radical (unpaired) electrons. The summed E-state index contributed by atoms with van der Waals surface area (Å²) in [5.41, 5.74) is 3.46. The molecule has 104 valence electrons. The summed E-state index contributed by atoms with van der Waals surface area (Å²) in [5.74, 6) is 0. The Morgan fingerprint density at radius 1 is 1.05 bits per heavy atom. The molecule has 3 heteroatoms. The van der Waals surface area contributed by atoms with Gasteiger partial charge in [-0.2, -0.15) is 0 Å². The summed E-state index contributed by atoms with van der Waals surface area (Å²) in [5, 5.41) is -0.234. The molecule has 0 spiro atoms. The third-order valence-corrected chi connectivity index (χ3v) is 3.42. The molecule has 0 aliphatic heterocycles. The summed E-state index contributed by atoms with van der Waals surface area (Å²) in [7, 11) is 0. The van der Waals surface area contributed by atoms with Gasteiger partial charge in [-0.25, -0.2) is 0 Å². The zero-order valence-corrected chi connectivity index (χ0v) is 12.1. The number of carbonyl (C=O) groups excluding carboxylic acids is 1. The Hall–Kier alpha value is -1.67. The fourth-order valence-electron chi connectivity index (χ4n) is 2.19. The van der Waals surface area contributed by atoms with Crippen LogP contribution in [-0.2, 0) is 11.2 Å². The molecule has 0 amide bonds. The average molecular weight is 288 g/mol. The van der Waals surface area contributed by atoms with E-state index < -0.39 is 0 Å². The zero-order chi connectivity index (χ0) is 14.2. The molecule has 1 heterocycles. The Bertz CT molecular complexity index is 554. The first-order valence-electron chi connectivity index (χ1n) is 6.94. The molecule has 0 atom stereocenters. The highest BCUT2D eigenvalue weighted by Crippen LogP contribution is 2.19. The number of aryl methyl sites for hydroxylation is 1. The quantitative estimate of drug-likeness (QED) is 0.549. The zero-order valence-electron chi connectivity index (χ0n) is 11.4. The fourth-order valence-corrected chi connectivity index (χ4v) is 2.32. The second-order valence-electron chi connectivity index (χ2n) is 4.83. The highest BCUT2D eigenvalue weighted by atomic mass is 35.5. The number of pyridine rings is 1. The lowest BCUT2D eigenvalue weighted by atomic mass is 10.0. The van der Waals surface area contributed by atoms with Crippen molar-refractivity contribution in [2.24, 2.45) is 0 Å². The number of halogens is 1. The van der Waals surface area contributed by atoms with Crippen LogP contribution in [0.4, 0.5) is 0 Å². The lowest BCUT2D eigenvalue weighted by molar-refractivity contribution is -0.111. The molecular formula is C17H18ClNO. The number of rotatable bonds is 7. The standard InChI is InChI=1S/C17H18ClNO/c18-17(20)11-3-1-2-7-14-8-6-9-15(13-14)16-10-4-5-12-19-16/h4-6,8-10,12-13H,1-3,7,11H2. The maximum Gasteiger partial charge on any atom is 0.221 e. The summed E-state index contributed by atoms with van der Waals surface area (Å²) < 4.78 is 0. The van der Waals surface area contributed by atoms with Crippen LogP contribution in [0.3, 0.4) is 0 Å². The van der Waals surface area contributed by atoms with Crippen molar-refractivity contribution < 1.29 is 4.79 Å². The van der Waals surface area contributed by atoms with Gasteiger partial charge in [-0.1, -0.05) is 30.7 Å². The van der Waals surface area contributed by atoms with Gasteiger partial charge in [0.05, 0.1) is 5.69 Å². The molecule has 0 aliphatic rings. The summed E-state index contributed by atoms with van der Waals surface area (Å²) in [6.45, 7) is 0. The predicted molar refractivity (Wildman–Crippen MR) is 82.7 cm³/mol. The maximum absolute atomic E-state index is 10.6. The first-order chi connectivity index (χ1) is 9.75. The Morgan fingerprint density at radius 2 is 1.95 bits per heavy atom. The Morgan fingerprint density at radius 3 is 2.70 bits per heavy atom. The van der Waals surface area contributed by atoms with E-state index in [1.54, 1.807) is 0 Å². The number of hydrogen-bond acceptors (Lipinski definition) is 2. The van der Waals surface area contributed by atoms with E-state index in [-0.39, 0.29) is 5.24 Å². The van der Waals surface area contributed by atoms with E-state index in [1.807, 2.05) is 24.4 Å². The average Bonchev–Trinajstić information content (AvgIpc) is 2.48. The van der Waals surface area contributed by atoms with Gasteiger partial charge in [-0.05, 0) is 54.6 Å². The van der Waals surface area contributed by atoms with Gasteiger partial charge in [0.25, 0.3) is 0 Å².